The van der Waals surface area contributed by atoms with E-state index in [9.17, 15) is 13.2 Å². The quantitative estimate of drug-likeness (QED) is 0.792. The molecule has 8 heteroatoms. The van der Waals surface area contributed by atoms with Crippen molar-refractivity contribution in [2.24, 2.45) is 5.14 Å². The molecule has 0 aliphatic heterocycles. The second-order valence-corrected chi connectivity index (χ2v) is 6.78. The lowest BCUT2D eigenvalue weighted by molar-refractivity contribution is -0.158. The number of methoxy groups -OCH3 is 3. The van der Waals surface area contributed by atoms with E-state index in [1.54, 1.807) is 13.2 Å². The van der Waals surface area contributed by atoms with Crippen LogP contribution in [0.25, 0.3) is 0 Å². The van der Waals surface area contributed by atoms with Gasteiger partial charge in [-0.3, -0.25) is 4.79 Å². The summed E-state index contributed by atoms with van der Waals surface area (Å²) in [6.07, 6.45) is 0.776. The third-order valence-corrected chi connectivity index (χ3v) is 5.02. The number of benzene rings is 1. The molecule has 1 aromatic carbocycles. The Hall–Kier alpha value is -1.64. The normalized spacial score (nSPS) is 24.5. The van der Waals surface area contributed by atoms with E-state index < -0.39 is 21.4 Å². The first-order valence-corrected chi connectivity index (χ1v) is 8.15. The van der Waals surface area contributed by atoms with Crippen LogP contribution in [0, 0.1) is 0 Å². The molecule has 0 atom stereocenters. The van der Waals surface area contributed by atoms with E-state index in [0.29, 0.717) is 18.4 Å². The summed E-state index contributed by atoms with van der Waals surface area (Å²) in [4.78, 5) is 12.0. The molecule has 1 fully saturated rings. The van der Waals surface area contributed by atoms with Crippen molar-refractivity contribution in [1.29, 1.82) is 0 Å². The van der Waals surface area contributed by atoms with Crippen LogP contribution in [0.4, 0.5) is 0 Å². The van der Waals surface area contributed by atoms with Crippen LogP contribution in [0.15, 0.2) is 23.1 Å². The fraction of sp³-hybridized carbons (Fsp3) is 0.500. The maximum Gasteiger partial charge on any atom is 0.316 e. The van der Waals surface area contributed by atoms with Gasteiger partial charge >= 0.3 is 5.97 Å². The third kappa shape index (κ3) is 2.69. The lowest BCUT2D eigenvalue weighted by Crippen LogP contribution is -2.51. The maximum atomic E-state index is 12.2. The van der Waals surface area contributed by atoms with Gasteiger partial charge in [0.15, 0.2) is 0 Å². The van der Waals surface area contributed by atoms with Crippen LogP contribution in [0.5, 0.6) is 5.75 Å². The predicted molar refractivity (Wildman–Crippen MR) is 78.1 cm³/mol. The molecular weight excluding hydrogens is 310 g/mol. The summed E-state index contributed by atoms with van der Waals surface area (Å²) in [5.74, 6) is -0.291. The van der Waals surface area contributed by atoms with Gasteiger partial charge in [-0.1, -0.05) is 6.07 Å². The zero-order valence-corrected chi connectivity index (χ0v) is 13.5. The molecule has 0 amide bonds. The Morgan fingerprint density at radius 3 is 2.36 bits per heavy atom. The number of hydrogen-bond donors (Lipinski definition) is 1. The third-order valence-electron chi connectivity index (χ3n) is 4.08. The first-order chi connectivity index (χ1) is 10.3. The highest BCUT2D eigenvalue weighted by atomic mass is 32.2. The lowest BCUT2D eigenvalue weighted by Gasteiger charge is -2.44. The van der Waals surface area contributed by atoms with E-state index in [1.165, 1.54) is 26.4 Å². The Morgan fingerprint density at radius 1 is 1.27 bits per heavy atom. The van der Waals surface area contributed by atoms with Crippen molar-refractivity contribution < 1.29 is 27.4 Å². The van der Waals surface area contributed by atoms with Gasteiger partial charge in [-0.25, -0.2) is 13.6 Å². The molecular formula is C14H19NO6S. The van der Waals surface area contributed by atoms with Crippen LogP contribution in [-0.4, -0.2) is 41.8 Å². The number of nitrogens with two attached hydrogens (primary N) is 1. The minimum atomic E-state index is -3.97. The minimum Gasteiger partial charge on any atom is -0.495 e. The van der Waals surface area contributed by atoms with Gasteiger partial charge in [-0.05, 0) is 30.5 Å². The van der Waals surface area contributed by atoms with Crippen molar-refractivity contribution in [2.45, 2.75) is 29.3 Å². The van der Waals surface area contributed by atoms with E-state index in [1.807, 2.05) is 0 Å². The summed E-state index contributed by atoms with van der Waals surface area (Å²) in [7, 11) is 0.244. The van der Waals surface area contributed by atoms with Gasteiger partial charge in [0.05, 0.1) is 25.7 Å². The molecule has 0 heterocycles. The number of carbonyl (C=O) groups is 1. The molecule has 22 heavy (non-hydrogen) atoms. The monoisotopic (exact) mass is 329 g/mol. The first-order valence-electron chi connectivity index (χ1n) is 6.61. The van der Waals surface area contributed by atoms with Crippen molar-refractivity contribution in [3.8, 4) is 5.75 Å². The van der Waals surface area contributed by atoms with Crippen molar-refractivity contribution in [3.05, 3.63) is 23.8 Å². The number of esters is 1. The molecule has 0 bridgehead atoms. The second-order valence-electron chi connectivity index (χ2n) is 5.25. The molecule has 1 aliphatic carbocycles. The van der Waals surface area contributed by atoms with Crippen molar-refractivity contribution in [2.75, 3.05) is 21.3 Å². The summed E-state index contributed by atoms with van der Waals surface area (Å²) in [5, 5.41) is 5.22. The van der Waals surface area contributed by atoms with Crippen molar-refractivity contribution in [1.82, 2.24) is 0 Å². The molecule has 1 saturated carbocycles. The first kappa shape index (κ1) is 16.7. The van der Waals surface area contributed by atoms with E-state index in [4.69, 9.17) is 19.3 Å². The summed E-state index contributed by atoms with van der Waals surface area (Å²) < 4.78 is 38.6. The second kappa shape index (κ2) is 5.86. The Bertz CT molecular complexity index is 679. The molecule has 1 aliphatic rings. The van der Waals surface area contributed by atoms with E-state index in [2.05, 4.69) is 0 Å². The number of primary sulfonamides is 1. The average Bonchev–Trinajstić information content (AvgIpc) is 2.45. The molecule has 0 spiro atoms. The molecule has 0 saturated heterocycles. The minimum absolute atomic E-state index is 0.0702. The number of carbonyl (C=O) groups excluding carboxylic acids is 1. The summed E-state index contributed by atoms with van der Waals surface area (Å²) in [6, 6.07) is 4.51. The van der Waals surface area contributed by atoms with E-state index in [-0.39, 0.29) is 16.7 Å². The van der Waals surface area contributed by atoms with Gasteiger partial charge in [0, 0.05) is 7.11 Å². The highest BCUT2D eigenvalue weighted by Gasteiger charge is 2.53. The maximum absolute atomic E-state index is 12.2. The lowest BCUT2D eigenvalue weighted by atomic mass is 9.62. The molecule has 2 rings (SSSR count). The summed E-state index contributed by atoms with van der Waals surface area (Å²) in [5.41, 5.74) is -0.390. The Balaban J connectivity index is 2.53. The smallest absolute Gasteiger partial charge is 0.316 e. The Labute approximate surface area is 129 Å². The SMILES string of the molecule is COC(=O)C1(c2ccc(OC)c(S(N)(=O)=O)c2)CC(OC)C1. The topological polar surface area (TPSA) is 105 Å². The largest absolute Gasteiger partial charge is 0.495 e. The molecule has 0 radical (unpaired) electrons. The summed E-state index contributed by atoms with van der Waals surface area (Å²) >= 11 is 0. The summed E-state index contributed by atoms with van der Waals surface area (Å²) in [6.45, 7) is 0. The molecule has 0 aromatic heterocycles. The predicted octanol–water partition coefficient (Wildman–Crippen LogP) is 0.562. The Kier molecular flexibility index (Phi) is 4.46. The zero-order chi connectivity index (χ0) is 16.5. The van der Waals surface area contributed by atoms with Gasteiger partial charge in [0.1, 0.15) is 10.6 Å². The molecule has 122 valence electrons. The average molecular weight is 329 g/mol. The molecule has 2 N–H and O–H groups in total. The highest BCUT2D eigenvalue weighted by molar-refractivity contribution is 7.89. The van der Waals surface area contributed by atoms with Gasteiger partial charge in [0.2, 0.25) is 10.0 Å². The van der Waals surface area contributed by atoms with Crippen molar-refractivity contribution >= 4 is 16.0 Å². The number of ether oxygens (including phenoxy) is 3. The van der Waals surface area contributed by atoms with Crippen molar-refractivity contribution in [3.63, 3.8) is 0 Å². The van der Waals surface area contributed by atoms with Gasteiger partial charge in [-0.15, -0.1) is 0 Å². The molecule has 7 nitrogen and oxygen atoms in total. The highest BCUT2D eigenvalue weighted by Crippen LogP contribution is 2.47. The van der Waals surface area contributed by atoms with Gasteiger partial charge < -0.3 is 14.2 Å². The van der Waals surface area contributed by atoms with Crippen LogP contribution in [0.2, 0.25) is 0 Å². The van der Waals surface area contributed by atoms with Crippen LogP contribution in [-0.2, 0) is 29.7 Å². The fourth-order valence-corrected chi connectivity index (χ4v) is 3.52. The fourth-order valence-electron chi connectivity index (χ4n) is 2.80. The number of rotatable bonds is 5. The van der Waals surface area contributed by atoms with Crippen LogP contribution < -0.4 is 9.88 Å². The molecule has 0 unspecified atom stereocenters. The standard InChI is InChI=1S/C14H19NO6S/c1-19-10-7-14(8-10,13(16)21-3)9-4-5-11(20-2)12(6-9)22(15,17)18/h4-6,10H,7-8H2,1-3H3,(H2,15,17,18). The zero-order valence-electron chi connectivity index (χ0n) is 12.7. The number of sulfonamides is 1. The van der Waals surface area contributed by atoms with Gasteiger partial charge in [0.25, 0.3) is 0 Å². The number of hydrogen-bond acceptors (Lipinski definition) is 6. The van der Waals surface area contributed by atoms with E-state index in [0.717, 1.165) is 0 Å². The van der Waals surface area contributed by atoms with Gasteiger partial charge in [-0.2, -0.15) is 0 Å². The molecule has 1 aromatic rings. The Morgan fingerprint density at radius 2 is 1.91 bits per heavy atom. The van der Waals surface area contributed by atoms with Crippen LogP contribution in [0.3, 0.4) is 0 Å². The van der Waals surface area contributed by atoms with Crippen LogP contribution >= 0.6 is 0 Å². The van der Waals surface area contributed by atoms with E-state index >= 15 is 0 Å². The van der Waals surface area contributed by atoms with Crippen LogP contribution in [0.1, 0.15) is 18.4 Å².